The van der Waals surface area contributed by atoms with Gasteiger partial charge in [-0.3, -0.25) is 10.1 Å². The molecule has 0 fully saturated rings. The van der Waals surface area contributed by atoms with Gasteiger partial charge in [-0.15, -0.1) is 0 Å². The summed E-state index contributed by atoms with van der Waals surface area (Å²) >= 11 is 4.94. The van der Waals surface area contributed by atoms with E-state index in [2.05, 4.69) is 15.6 Å². The van der Waals surface area contributed by atoms with Crippen LogP contribution in [0.15, 0.2) is 42.6 Å². The van der Waals surface area contributed by atoms with Crippen LogP contribution in [0.4, 0.5) is 18.9 Å². The van der Waals surface area contributed by atoms with Crippen molar-refractivity contribution < 1.29 is 22.7 Å². The van der Waals surface area contributed by atoms with E-state index in [9.17, 15) is 18.0 Å². The van der Waals surface area contributed by atoms with Crippen LogP contribution in [0.3, 0.4) is 0 Å². The molecule has 1 aromatic carbocycles. The zero-order valence-corrected chi connectivity index (χ0v) is 13.2. The van der Waals surface area contributed by atoms with E-state index in [0.29, 0.717) is 0 Å². The van der Waals surface area contributed by atoms with Gasteiger partial charge < -0.3 is 10.1 Å². The number of hydrogen-bond acceptors (Lipinski definition) is 4. The Balaban J connectivity index is 2.04. The number of pyridine rings is 1. The molecule has 0 aliphatic rings. The van der Waals surface area contributed by atoms with Crippen LogP contribution in [-0.2, 0) is 6.18 Å². The highest BCUT2D eigenvalue weighted by Gasteiger charge is 2.30. The summed E-state index contributed by atoms with van der Waals surface area (Å²) in [4.78, 5) is 15.9. The third-order valence-corrected chi connectivity index (χ3v) is 3.09. The molecule has 0 atom stereocenters. The molecule has 5 nitrogen and oxygen atoms in total. The smallest absolute Gasteiger partial charge is 0.416 e. The summed E-state index contributed by atoms with van der Waals surface area (Å²) in [6.45, 7) is 0. The maximum Gasteiger partial charge on any atom is 0.416 e. The van der Waals surface area contributed by atoms with Crippen molar-refractivity contribution in [1.82, 2.24) is 10.3 Å². The number of carbonyl (C=O) groups is 1. The second-order valence-electron chi connectivity index (χ2n) is 4.57. The number of carbonyl (C=O) groups excluding carboxylic acids is 1. The van der Waals surface area contributed by atoms with Gasteiger partial charge >= 0.3 is 6.18 Å². The molecule has 126 valence electrons. The number of thiocarbonyl (C=S) groups is 1. The fourth-order valence-electron chi connectivity index (χ4n) is 1.77. The van der Waals surface area contributed by atoms with E-state index in [0.717, 1.165) is 12.1 Å². The number of ether oxygens (including phenoxy) is 1. The Bertz CT molecular complexity index is 766. The van der Waals surface area contributed by atoms with E-state index < -0.39 is 17.6 Å². The molecule has 0 aliphatic heterocycles. The van der Waals surface area contributed by atoms with Crippen molar-refractivity contribution in [2.75, 3.05) is 12.4 Å². The summed E-state index contributed by atoms with van der Waals surface area (Å²) in [5.41, 5.74) is -0.460. The molecule has 1 amide bonds. The normalized spacial score (nSPS) is 10.8. The fraction of sp³-hybridized carbons (Fsp3) is 0.133. The minimum atomic E-state index is -4.46. The number of amides is 1. The van der Waals surface area contributed by atoms with Crippen molar-refractivity contribution in [2.24, 2.45) is 0 Å². The Morgan fingerprint density at radius 2 is 2.00 bits per heavy atom. The van der Waals surface area contributed by atoms with Crippen LogP contribution in [-0.4, -0.2) is 23.1 Å². The highest BCUT2D eigenvalue weighted by Crippen LogP contribution is 2.30. The molecule has 1 heterocycles. The molecule has 24 heavy (non-hydrogen) atoms. The number of benzene rings is 1. The maximum atomic E-state index is 12.7. The van der Waals surface area contributed by atoms with Gasteiger partial charge in [0.25, 0.3) is 5.91 Å². The molecule has 0 saturated heterocycles. The number of anilines is 1. The lowest BCUT2D eigenvalue weighted by Crippen LogP contribution is -2.34. The Hall–Kier alpha value is -2.68. The number of hydrogen-bond donors (Lipinski definition) is 2. The van der Waals surface area contributed by atoms with Crippen LogP contribution in [0.25, 0.3) is 0 Å². The summed E-state index contributed by atoms with van der Waals surface area (Å²) in [5, 5.41) is 4.78. The summed E-state index contributed by atoms with van der Waals surface area (Å²) in [6.07, 6.45) is -3.08. The molecule has 2 rings (SSSR count). The van der Waals surface area contributed by atoms with Gasteiger partial charge in [0.15, 0.2) is 5.11 Å². The Morgan fingerprint density at radius 1 is 1.25 bits per heavy atom. The third kappa shape index (κ3) is 4.66. The minimum absolute atomic E-state index is 0.113. The first-order valence-corrected chi connectivity index (χ1v) is 7.00. The van der Waals surface area contributed by atoms with Crippen molar-refractivity contribution in [2.45, 2.75) is 6.18 Å². The molecule has 0 bridgehead atoms. The largest absolute Gasteiger partial charge is 0.481 e. The van der Waals surface area contributed by atoms with Gasteiger partial charge in [-0.05, 0) is 36.5 Å². The third-order valence-electron chi connectivity index (χ3n) is 2.88. The van der Waals surface area contributed by atoms with Gasteiger partial charge in [0.2, 0.25) is 5.88 Å². The average Bonchev–Trinajstić information content (AvgIpc) is 2.54. The maximum absolute atomic E-state index is 12.7. The Morgan fingerprint density at radius 3 is 2.67 bits per heavy atom. The first-order valence-electron chi connectivity index (χ1n) is 6.59. The first kappa shape index (κ1) is 17.7. The van der Waals surface area contributed by atoms with E-state index in [1.807, 2.05) is 0 Å². The van der Waals surface area contributed by atoms with Gasteiger partial charge in [0.05, 0.1) is 12.7 Å². The topological polar surface area (TPSA) is 63.2 Å². The Labute approximate surface area is 140 Å². The molecule has 2 aromatic rings. The van der Waals surface area contributed by atoms with E-state index in [-0.39, 0.29) is 22.2 Å². The number of halogens is 3. The zero-order chi connectivity index (χ0) is 17.7. The van der Waals surface area contributed by atoms with Gasteiger partial charge in [0.1, 0.15) is 0 Å². The predicted octanol–water partition coefficient (Wildman–Crippen LogP) is 3.24. The lowest BCUT2D eigenvalue weighted by atomic mass is 10.2. The minimum Gasteiger partial charge on any atom is -0.481 e. The summed E-state index contributed by atoms with van der Waals surface area (Å²) < 4.78 is 42.9. The highest BCUT2D eigenvalue weighted by molar-refractivity contribution is 7.80. The van der Waals surface area contributed by atoms with E-state index in [1.165, 1.54) is 37.6 Å². The van der Waals surface area contributed by atoms with Gasteiger partial charge in [-0.25, -0.2) is 4.98 Å². The number of alkyl halides is 3. The van der Waals surface area contributed by atoms with E-state index >= 15 is 0 Å². The quantitative estimate of drug-likeness (QED) is 0.828. The standard InChI is InChI=1S/C15H12F3N3O2S/c1-23-12-7-9(5-6-19-12)13(22)21-14(24)20-11-4-2-3-10(8-11)15(16,17)18/h2-8H,1H3,(H2,20,21,22,24). The monoisotopic (exact) mass is 355 g/mol. The molecule has 0 radical (unpaired) electrons. The van der Waals surface area contributed by atoms with Crippen LogP contribution in [0.1, 0.15) is 15.9 Å². The first-order chi connectivity index (χ1) is 11.3. The summed E-state index contributed by atoms with van der Waals surface area (Å²) in [6, 6.07) is 7.34. The van der Waals surface area contributed by atoms with Crippen molar-refractivity contribution in [3.05, 3.63) is 53.7 Å². The number of aromatic nitrogens is 1. The molecule has 0 aliphatic carbocycles. The van der Waals surface area contributed by atoms with Crippen molar-refractivity contribution >= 4 is 28.9 Å². The SMILES string of the molecule is COc1cc(C(=O)NC(=S)Nc2cccc(C(F)(F)F)c2)ccn1. The molecule has 2 N–H and O–H groups in total. The van der Waals surface area contributed by atoms with Crippen molar-refractivity contribution in [1.29, 1.82) is 0 Å². The number of methoxy groups -OCH3 is 1. The molecule has 0 spiro atoms. The lowest BCUT2D eigenvalue weighted by Gasteiger charge is -2.12. The molecule has 0 unspecified atom stereocenters. The highest BCUT2D eigenvalue weighted by atomic mass is 32.1. The summed E-state index contributed by atoms with van der Waals surface area (Å²) in [7, 11) is 1.41. The second kappa shape index (κ2) is 7.26. The van der Waals surface area contributed by atoms with Crippen molar-refractivity contribution in [3.8, 4) is 5.88 Å². The number of nitrogens with zero attached hydrogens (tertiary/aromatic N) is 1. The second-order valence-corrected chi connectivity index (χ2v) is 4.98. The van der Waals surface area contributed by atoms with Crippen LogP contribution in [0, 0.1) is 0 Å². The van der Waals surface area contributed by atoms with E-state index in [4.69, 9.17) is 17.0 Å². The van der Waals surface area contributed by atoms with Crippen LogP contribution < -0.4 is 15.4 Å². The van der Waals surface area contributed by atoms with Crippen LogP contribution in [0.2, 0.25) is 0 Å². The van der Waals surface area contributed by atoms with Crippen LogP contribution >= 0.6 is 12.2 Å². The van der Waals surface area contributed by atoms with Crippen molar-refractivity contribution in [3.63, 3.8) is 0 Å². The van der Waals surface area contributed by atoms with Gasteiger partial charge in [-0.2, -0.15) is 13.2 Å². The molecule has 0 saturated carbocycles. The van der Waals surface area contributed by atoms with E-state index in [1.54, 1.807) is 0 Å². The molecular formula is C15H12F3N3O2S. The molecular weight excluding hydrogens is 343 g/mol. The summed E-state index contributed by atoms with van der Waals surface area (Å²) in [5.74, 6) is -0.292. The molecule has 1 aromatic heterocycles. The predicted molar refractivity (Wildman–Crippen MR) is 85.9 cm³/mol. The number of rotatable bonds is 3. The fourth-order valence-corrected chi connectivity index (χ4v) is 1.98. The van der Waals surface area contributed by atoms with Crippen LogP contribution in [0.5, 0.6) is 5.88 Å². The average molecular weight is 355 g/mol. The zero-order valence-electron chi connectivity index (χ0n) is 12.3. The van der Waals surface area contributed by atoms with Gasteiger partial charge in [0, 0.05) is 23.5 Å². The number of nitrogens with one attached hydrogen (secondary N) is 2. The Kier molecular flexibility index (Phi) is 5.35. The van der Waals surface area contributed by atoms with Gasteiger partial charge in [-0.1, -0.05) is 6.07 Å². The lowest BCUT2D eigenvalue weighted by molar-refractivity contribution is -0.137. The molecule has 9 heteroatoms.